The van der Waals surface area contributed by atoms with Crippen molar-refractivity contribution in [3.05, 3.63) is 29.3 Å². The van der Waals surface area contributed by atoms with Gasteiger partial charge in [0.05, 0.1) is 10.7 Å². The average Bonchev–Trinajstić information content (AvgIpc) is 3.04. The largest absolute Gasteiger partial charge is 0.357 e. The molecule has 1 aromatic carbocycles. The minimum atomic E-state index is 0.490. The highest BCUT2D eigenvalue weighted by Crippen LogP contribution is 2.25. The van der Waals surface area contributed by atoms with Crippen LogP contribution in [-0.4, -0.2) is 35.1 Å². The van der Waals surface area contributed by atoms with Crippen molar-refractivity contribution in [2.45, 2.75) is 12.8 Å². The summed E-state index contributed by atoms with van der Waals surface area (Å²) in [7, 11) is 1.79. The van der Waals surface area contributed by atoms with E-state index in [0.29, 0.717) is 22.9 Å². The molecule has 7 heteroatoms. The highest BCUT2D eigenvalue weighted by atomic mass is 35.5. The standard InChI is InChI=1S/C14H17ClN6/c1-16-12-18-13(17-11-7-3-2-6-10(11)15)20-14(19-12)21-8-4-5-9-21/h2-3,6-7H,4-5,8-9H2,1H3,(H2,16,17,18,19,20). The van der Waals surface area contributed by atoms with Crippen molar-refractivity contribution in [1.82, 2.24) is 15.0 Å². The molecule has 21 heavy (non-hydrogen) atoms. The van der Waals surface area contributed by atoms with Gasteiger partial charge in [0, 0.05) is 20.1 Å². The van der Waals surface area contributed by atoms with Crippen LogP contribution in [-0.2, 0) is 0 Å². The smallest absolute Gasteiger partial charge is 0.233 e. The Kier molecular flexibility index (Phi) is 4.06. The van der Waals surface area contributed by atoms with Gasteiger partial charge in [0.2, 0.25) is 17.8 Å². The number of halogens is 1. The summed E-state index contributed by atoms with van der Waals surface area (Å²) in [5, 5.41) is 6.75. The maximum absolute atomic E-state index is 6.15. The van der Waals surface area contributed by atoms with E-state index in [1.54, 1.807) is 7.05 Å². The Hall–Kier alpha value is -2.08. The van der Waals surface area contributed by atoms with E-state index in [4.69, 9.17) is 11.6 Å². The van der Waals surface area contributed by atoms with Crippen molar-refractivity contribution >= 4 is 35.1 Å². The highest BCUT2D eigenvalue weighted by Gasteiger charge is 2.17. The molecule has 0 saturated carbocycles. The lowest BCUT2D eigenvalue weighted by Gasteiger charge is -2.17. The molecule has 1 aromatic heterocycles. The predicted molar refractivity (Wildman–Crippen MR) is 85.6 cm³/mol. The lowest BCUT2D eigenvalue weighted by atomic mass is 10.3. The van der Waals surface area contributed by atoms with Crippen LogP contribution in [0.25, 0.3) is 0 Å². The summed E-state index contributed by atoms with van der Waals surface area (Å²) in [5.41, 5.74) is 0.778. The Morgan fingerprint density at radius 2 is 1.76 bits per heavy atom. The van der Waals surface area contributed by atoms with E-state index in [1.807, 2.05) is 24.3 Å². The van der Waals surface area contributed by atoms with Gasteiger partial charge in [-0.1, -0.05) is 23.7 Å². The lowest BCUT2D eigenvalue weighted by Crippen LogP contribution is -2.21. The number of benzene rings is 1. The number of para-hydroxylation sites is 1. The molecule has 0 radical (unpaired) electrons. The summed E-state index contributed by atoms with van der Waals surface area (Å²) < 4.78 is 0. The first-order valence-corrected chi connectivity index (χ1v) is 7.34. The molecular formula is C14H17ClN6. The fourth-order valence-electron chi connectivity index (χ4n) is 2.27. The maximum atomic E-state index is 6.15. The zero-order valence-electron chi connectivity index (χ0n) is 11.8. The van der Waals surface area contributed by atoms with Gasteiger partial charge in [-0.05, 0) is 25.0 Å². The first kappa shape index (κ1) is 13.9. The third-order valence-electron chi connectivity index (χ3n) is 3.36. The van der Waals surface area contributed by atoms with Gasteiger partial charge >= 0.3 is 0 Å². The predicted octanol–water partition coefficient (Wildman–Crippen LogP) is 2.91. The number of nitrogens with zero attached hydrogens (tertiary/aromatic N) is 4. The van der Waals surface area contributed by atoms with Crippen LogP contribution in [0.3, 0.4) is 0 Å². The molecule has 0 atom stereocenters. The van der Waals surface area contributed by atoms with Crippen LogP contribution in [0.5, 0.6) is 0 Å². The second-order valence-electron chi connectivity index (χ2n) is 4.83. The Bertz CT molecular complexity index is 627. The number of rotatable bonds is 4. The zero-order valence-corrected chi connectivity index (χ0v) is 12.6. The third-order valence-corrected chi connectivity index (χ3v) is 3.69. The first-order valence-electron chi connectivity index (χ1n) is 6.96. The molecule has 1 saturated heterocycles. The number of hydrogen-bond donors (Lipinski definition) is 2. The van der Waals surface area contributed by atoms with Gasteiger partial charge in [-0.25, -0.2) is 0 Å². The van der Waals surface area contributed by atoms with Crippen LogP contribution in [0.15, 0.2) is 24.3 Å². The van der Waals surface area contributed by atoms with Crippen molar-refractivity contribution in [3.63, 3.8) is 0 Å². The SMILES string of the molecule is CNc1nc(Nc2ccccc2Cl)nc(N2CCCC2)n1. The van der Waals surface area contributed by atoms with E-state index in [0.717, 1.165) is 18.8 Å². The van der Waals surface area contributed by atoms with E-state index in [2.05, 4.69) is 30.5 Å². The molecule has 1 aliphatic heterocycles. The number of aromatic nitrogens is 3. The number of nitrogens with one attached hydrogen (secondary N) is 2. The Labute approximate surface area is 128 Å². The summed E-state index contributed by atoms with van der Waals surface area (Å²) in [4.78, 5) is 15.4. The van der Waals surface area contributed by atoms with Crippen LogP contribution in [0.1, 0.15) is 12.8 Å². The maximum Gasteiger partial charge on any atom is 0.233 e. The Balaban J connectivity index is 1.90. The topological polar surface area (TPSA) is 66.0 Å². The Morgan fingerprint density at radius 3 is 2.48 bits per heavy atom. The molecule has 0 amide bonds. The zero-order chi connectivity index (χ0) is 14.7. The van der Waals surface area contributed by atoms with Gasteiger partial charge in [-0.3, -0.25) is 0 Å². The molecular weight excluding hydrogens is 288 g/mol. The van der Waals surface area contributed by atoms with E-state index in [9.17, 15) is 0 Å². The minimum absolute atomic E-state index is 0.490. The molecule has 6 nitrogen and oxygen atoms in total. The minimum Gasteiger partial charge on any atom is -0.357 e. The van der Waals surface area contributed by atoms with Crippen molar-refractivity contribution in [3.8, 4) is 0 Å². The van der Waals surface area contributed by atoms with Gasteiger partial charge in [0.25, 0.3) is 0 Å². The summed E-state index contributed by atoms with van der Waals surface area (Å²) in [6, 6.07) is 7.51. The third kappa shape index (κ3) is 3.16. The summed E-state index contributed by atoms with van der Waals surface area (Å²) in [6.45, 7) is 1.97. The molecule has 0 bridgehead atoms. The fourth-order valence-corrected chi connectivity index (χ4v) is 2.46. The molecule has 2 N–H and O–H groups in total. The number of hydrogen-bond acceptors (Lipinski definition) is 6. The van der Waals surface area contributed by atoms with E-state index in [1.165, 1.54) is 12.8 Å². The van der Waals surface area contributed by atoms with Gasteiger partial charge < -0.3 is 15.5 Å². The van der Waals surface area contributed by atoms with Gasteiger partial charge in [0.1, 0.15) is 0 Å². The quantitative estimate of drug-likeness (QED) is 0.905. The summed E-state index contributed by atoms with van der Waals surface area (Å²) in [5.74, 6) is 1.73. The average molecular weight is 305 g/mol. The normalized spacial score (nSPS) is 14.3. The molecule has 110 valence electrons. The van der Waals surface area contributed by atoms with Crippen LogP contribution < -0.4 is 15.5 Å². The molecule has 3 rings (SSSR count). The molecule has 2 aromatic rings. The second-order valence-corrected chi connectivity index (χ2v) is 5.24. The molecule has 0 aliphatic carbocycles. The van der Waals surface area contributed by atoms with Crippen molar-refractivity contribution in [2.24, 2.45) is 0 Å². The van der Waals surface area contributed by atoms with Gasteiger partial charge in [-0.15, -0.1) is 0 Å². The lowest BCUT2D eigenvalue weighted by molar-refractivity contribution is 0.885. The van der Waals surface area contributed by atoms with E-state index in [-0.39, 0.29) is 0 Å². The molecule has 1 fully saturated rings. The fraction of sp³-hybridized carbons (Fsp3) is 0.357. The first-order chi connectivity index (χ1) is 10.3. The van der Waals surface area contributed by atoms with Crippen molar-refractivity contribution in [2.75, 3.05) is 35.7 Å². The van der Waals surface area contributed by atoms with Crippen LogP contribution in [0.4, 0.5) is 23.5 Å². The van der Waals surface area contributed by atoms with Crippen molar-refractivity contribution < 1.29 is 0 Å². The van der Waals surface area contributed by atoms with Crippen molar-refractivity contribution in [1.29, 1.82) is 0 Å². The monoisotopic (exact) mass is 304 g/mol. The second kappa shape index (κ2) is 6.13. The van der Waals surface area contributed by atoms with Crippen LogP contribution >= 0.6 is 11.6 Å². The highest BCUT2D eigenvalue weighted by molar-refractivity contribution is 6.33. The molecule has 2 heterocycles. The summed E-state index contributed by atoms with van der Waals surface area (Å²) in [6.07, 6.45) is 2.35. The van der Waals surface area contributed by atoms with E-state index >= 15 is 0 Å². The summed E-state index contributed by atoms with van der Waals surface area (Å²) >= 11 is 6.15. The van der Waals surface area contributed by atoms with Gasteiger partial charge in [-0.2, -0.15) is 15.0 Å². The molecule has 0 unspecified atom stereocenters. The van der Waals surface area contributed by atoms with Crippen LogP contribution in [0.2, 0.25) is 5.02 Å². The molecule has 0 spiro atoms. The number of anilines is 4. The van der Waals surface area contributed by atoms with Crippen LogP contribution in [0, 0.1) is 0 Å². The van der Waals surface area contributed by atoms with E-state index < -0.39 is 0 Å². The Morgan fingerprint density at radius 1 is 1.05 bits per heavy atom. The molecule has 1 aliphatic rings. The van der Waals surface area contributed by atoms with Gasteiger partial charge in [0.15, 0.2) is 0 Å².